The Balaban J connectivity index is 1.86. The minimum atomic E-state index is -2.13. The maximum Gasteiger partial charge on any atom is 0.303 e. The van der Waals surface area contributed by atoms with Crippen molar-refractivity contribution in [3.05, 3.63) is 12.2 Å². The Labute approximate surface area is 282 Å². The summed E-state index contributed by atoms with van der Waals surface area (Å²) in [5.74, 6) is -0.157. The van der Waals surface area contributed by atoms with E-state index in [0.717, 1.165) is 24.7 Å². The van der Waals surface area contributed by atoms with Crippen molar-refractivity contribution in [2.24, 2.45) is 11.8 Å². The number of aldehydes is 1. The molecule has 0 aliphatic carbocycles. The normalized spacial score (nSPS) is 34.6. The molecule has 0 spiro atoms. The van der Waals surface area contributed by atoms with Crippen molar-refractivity contribution < 1.29 is 37.4 Å². The fourth-order valence-electron chi connectivity index (χ4n) is 6.56. The Morgan fingerprint density at radius 1 is 0.935 bits per heavy atom. The fraction of sp³-hybridized carbons (Fsp3) is 0.889. The first-order valence-electron chi connectivity index (χ1n) is 17.7. The van der Waals surface area contributed by atoms with E-state index in [9.17, 15) is 9.59 Å². The molecule has 0 N–H and O–H groups in total. The first-order chi connectivity index (χ1) is 21.1. The van der Waals surface area contributed by atoms with Gasteiger partial charge < -0.3 is 32.6 Å². The van der Waals surface area contributed by atoms with E-state index in [0.29, 0.717) is 32.3 Å². The topological polar surface area (TPSA) is 89.5 Å². The molecule has 0 aromatic heterocycles. The van der Waals surface area contributed by atoms with Gasteiger partial charge in [-0.3, -0.25) is 4.79 Å². The molecule has 266 valence electrons. The number of carbonyl (C=O) groups is 2. The Morgan fingerprint density at radius 2 is 1.57 bits per heavy atom. The van der Waals surface area contributed by atoms with E-state index in [1.54, 1.807) is 0 Å². The lowest BCUT2D eigenvalue weighted by Gasteiger charge is -2.53. The average Bonchev–Trinajstić information content (AvgIpc) is 2.91. The predicted molar refractivity (Wildman–Crippen MR) is 188 cm³/mol. The molecule has 0 radical (unpaired) electrons. The lowest BCUT2D eigenvalue weighted by molar-refractivity contribution is -0.271. The second-order valence-corrected chi connectivity index (χ2v) is 26.8. The van der Waals surface area contributed by atoms with Gasteiger partial charge in [0.05, 0.1) is 42.7 Å². The van der Waals surface area contributed by atoms with E-state index in [-0.39, 0.29) is 70.6 Å². The quantitative estimate of drug-likeness (QED) is 0.0886. The third-order valence-electron chi connectivity index (χ3n) is 11.6. The minimum absolute atomic E-state index is 0.00804. The van der Waals surface area contributed by atoms with Gasteiger partial charge in [-0.05, 0) is 67.0 Å². The van der Waals surface area contributed by atoms with Crippen LogP contribution in [-0.2, 0) is 37.4 Å². The molecule has 0 bridgehead atoms. The minimum Gasteiger partial charge on any atom is -0.459 e. The second kappa shape index (κ2) is 15.3. The lowest BCUT2D eigenvalue weighted by Crippen LogP contribution is -2.63. The summed E-state index contributed by atoms with van der Waals surface area (Å²) in [5, 5.41) is 0.172. The smallest absolute Gasteiger partial charge is 0.303 e. The Hall–Kier alpha value is -0.886. The molecule has 3 rings (SSSR count). The monoisotopic (exact) mass is 682 g/mol. The van der Waals surface area contributed by atoms with Crippen molar-refractivity contribution in [1.82, 2.24) is 0 Å². The molecule has 0 amide bonds. The molecule has 0 aromatic rings. The van der Waals surface area contributed by atoms with Gasteiger partial charge in [0.1, 0.15) is 12.4 Å². The number of carbonyl (C=O) groups excluding carboxylic acids is 2. The molecule has 0 aromatic carbocycles. The Kier molecular flexibility index (Phi) is 13.2. The van der Waals surface area contributed by atoms with Crippen LogP contribution in [-0.4, -0.2) is 84.3 Å². The third-order valence-corrected chi connectivity index (χ3v) is 20.7. The van der Waals surface area contributed by atoms with Gasteiger partial charge in [-0.2, -0.15) is 0 Å². The molecule has 3 saturated heterocycles. The molecule has 3 aliphatic rings. The van der Waals surface area contributed by atoms with Crippen molar-refractivity contribution in [1.29, 1.82) is 0 Å². The van der Waals surface area contributed by atoms with Crippen LogP contribution in [0.15, 0.2) is 12.2 Å². The maximum absolute atomic E-state index is 12.4. The molecule has 3 unspecified atom stereocenters. The standard InChI is InChI=1S/C36H66O8Si2/c1-23-20-27(16-15-18-37)41-29(24(23)2)21-31-33(40-26(4)38)25(3)34-32(42-31)22-30(44-46(13,14)36(8,9)10)28(43-34)17-19-39-45(11,12)35(5,6)7/h18,23,25,27-34H,2,15-17,19-22H2,1,3-14H3/t23-,25-,27?,28-,29?,30?,31+,32+,33-,34+/m1/s1. The molecule has 10 heteroatoms. The average molecular weight is 683 g/mol. The molecule has 3 heterocycles. The highest BCUT2D eigenvalue weighted by Gasteiger charge is 2.53. The fourth-order valence-corrected chi connectivity index (χ4v) is 8.98. The highest BCUT2D eigenvalue weighted by Crippen LogP contribution is 2.45. The van der Waals surface area contributed by atoms with Gasteiger partial charge in [-0.25, -0.2) is 0 Å². The van der Waals surface area contributed by atoms with Gasteiger partial charge in [0.15, 0.2) is 16.6 Å². The molecular formula is C36H66O8Si2. The summed E-state index contributed by atoms with van der Waals surface area (Å²) in [6.07, 6.45) is 3.10. The van der Waals surface area contributed by atoms with E-state index in [4.69, 9.17) is 27.8 Å². The summed E-state index contributed by atoms with van der Waals surface area (Å²) in [4.78, 5) is 23.5. The summed E-state index contributed by atoms with van der Waals surface area (Å²) in [5.41, 5.74) is 1.03. The lowest BCUT2D eigenvalue weighted by atomic mass is 9.79. The molecule has 8 nitrogen and oxygen atoms in total. The number of fused-ring (bicyclic) bond motifs is 1. The Morgan fingerprint density at radius 3 is 2.13 bits per heavy atom. The number of esters is 1. The summed E-state index contributed by atoms with van der Waals surface area (Å²) >= 11 is 0. The van der Waals surface area contributed by atoms with Gasteiger partial charge in [-0.1, -0.05) is 62.0 Å². The number of hydrogen-bond acceptors (Lipinski definition) is 8. The summed E-state index contributed by atoms with van der Waals surface area (Å²) in [6, 6.07) is 0. The van der Waals surface area contributed by atoms with Gasteiger partial charge >= 0.3 is 5.97 Å². The zero-order chi connectivity index (χ0) is 34.8. The summed E-state index contributed by atoms with van der Waals surface area (Å²) in [7, 11) is -4.06. The van der Waals surface area contributed by atoms with Crippen molar-refractivity contribution in [3.63, 3.8) is 0 Å². The van der Waals surface area contributed by atoms with Crippen molar-refractivity contribution in [2.45, 2.75) is 186 Å². The first-order valence-corrected chi connectivity index (χ1v) is 23.5. The largest absolute Gasteiger partial charge is 0.459 e. The van der Waals surface area contributed by atoms with Crippen LogP contribution in [0.1, 0.15) is 101 Å². The van der Waals surface area contributed by atoms with Crippen LogP contribution in [0.25, 0.3) is 0 Å². The molecule has 46 heavy (non-hydrogen) atoms. The summed E-state index contributed by atoms with van der Waals surface area (Å²) < 4.78 is 40.0. The number of rotatable bonds is 12. The number of ether oxygens (including phenoxy) is 4. The Bertz CT molecular complexity index is 1050. The van der Waals surface area contributed by atoms with Crippen LogP contribution in [0.2, 0.25) is 36.3 Å². The predicted octanol–water partition coefficient (Wildman–Crippen LogP) is 8.00. The zero-order valence-electron chi connectivity index (χ0n) is 31.3. The van der Waals surface area contributed by atoms with Crippen LogP contribution in [0.3, 0.4) is 0 Å². The molecule has 0 saturated carbocycles. The van der Waals surface area contributed by atoms with Gasteiger partial charge in [-0.15, -0.1) is 0 Å². The zero-order valence-corrected chi connectivity index (χ0v) is 33.3. The molecule has 3 aliphatic heterocycles. The van der Waals surface area contributed by atoms with Crippen LogP contribution in [0, 0.1) is 11.8 Å². The summed E-state index contributed by atoms with van der Waals surface area (Å²) in [6.45, 7) is 33.5. The molecule has 10 atom stereocenters. The van der Waals surface area contributed by atoms with Crippen LogP contribution in [0.5, 0.6) is 0 Å². The van der Waals surface area contributed by atoms with E-state index in [2.05, 4.69) is 88.2 Å². The molecule has 3 fully saturated rings. The second-order valence-electron chi connectivity index (χ2n) is 17.3. The maximum atomic E-state index is 12.4. The number of hydrogen-bond donors (Lipinski definition) is 0. The molecular weight excluding hydrogens is 617 g/mol. The van der Waals surface area contributed by atoms with Crippen molar-refractivity contribution in [3.8, 4) is 0 Å². The van der Waals surface area contributed by atoms with Crippen molar-refractivity contribution in [2.75, 3.05) is 6.61 Å². The van der Waals surface area contributed by atoms with E-state index >= 15 is 0 Å². The van der Waals surface area contributed by atoms with E-state index in [1.807, 2.05) is 0 Å². The first kappa shape index (κ1) is 39.6. The van der Waals surface area contributed by atoms with Gasteiger partial charge in [0.2, 0.25) is 0 Å². The van der Waals surface area contributed by atoms with Crippen molar-refractivity contribution >= 4 is 28.9 Å². The third kappa shape index (κ3) is 9.63. The van der Waals surface area contributed by atoms with Crippen LogP contribution in [0.4, 0.5) is 0 Å². The van der Waals surface area contributed by atoms with E-state index in [1.165, 1.54) is 6.92 Å². The van der Waals surface area contributed by atoms with Gasteiger partial charge in [0, 0.05) is 38.7 Å². The van der Waals surface area contributed by atoms with Crippen LogP contribution < -0.4 is 0 Å². The van der Waals surface area contributed by atoms with Crippen LogP contribution >= 0.6 is 0 Å². The highest BCUT2D eigenvalue weighted by molar-refractivity contribution is 6.74. The van der Waals surface area contributed by atoms with Gasteiger partial charge in [0.25, 0.3) is 0 Å². The SMILES string of the molecule is C=C1C(C[C@@H]2O[C@H]3CC(O[Si](C)(C)C(C)(C)C)[C@@H](CCO[Si](C)(C)C(C)(C)C)O[C@H]3[C@H](C)[C@H]2OC(C)=O)OC(CCC=O)C[C@H]1C. The highest BCUT2D eigenvalue weighted by atomic mass is 28.4. The van der Waals surface area contributed by atoms with E-state index < -0.39 is 22.7 Å².